The number of carbonyl (C=O) groups is 2. The average Bonchev–Trinajstić information content (AvgIpc) is 3.14. The summed E-state index contributed by atoms with van der Waals surface area (Å²) in [5.74, 6) is 0.490. The third kappa shape index (κ3) is 2.64. The standard InChI is InChI=1S/C20H21N3O2/c1-20(2,3)19-21-9-12-10-23(11-16(12)22-19)18(25)15-8-17(24)14-7-5-4-6-13(14)15/h4-7,9,15H,8,10-11H2,1-3H3/t15-/m1/s1. The van der Waals surface area contributed by atoms with Gasteiger partial charge in [0.25, 0.3) is 0 Å². The molecular formula is C20H21N3O2. The highest BCUT2D eigenvalue weighted by Gasteiger charge is 2.38. The molecule has 0 spiro atoms. The van der Waals surface area contributed by atoms with E-state index in [0.717, 1.165) is 22.6 Å². The van der Waals surface area contributed by atoms with E-state index in [0.29, 0.717) is 18.7 Å². The van der Waals surface area contributed by atoms with Crippen molar-refractivity contribution in [2.75, 3.05) is 0 Å². The largest absolute Gasteiger partial charge is 0.332 e. The highest BCUT2D eigenvalue weighted by molar-refractivity contribution is 6.06. The van der Waals surface area contributed by atoms with E-state index >= 15 is 0 Å². The maximum absolute atomic E-state index is 13.0. The van der Waals surface area contributed by atoms with Crippen molar-refractivity contribution in [3.05, 3.63) is 58.7 Å². The Kier molecular flexibility index (Phi) is 3.49. The summed E-state index contributed by atoms with van der Waals surface area (Å²) in [6.07, 6.45) is 2.11. The van der Waals surface area contributed by atoms with Gasteiger partial charge in [0.15, 0.2) is 5.78 Å². The molecule has 0 fully saturated rings. The molecule has 0 bridgehead atoms. The number of aromatic nitrogens is 2. The van der Waals surface area contributed by atoms with Crippen LogP contribution in [-0.2, 0) is 23.3 Å². The van der Waals surface area contributed by atoms with Crippen LogP contribution in [0.5, 0.6) is 0 Å². The molecule has 1 amide bonds. The first-order chi connectivity index (χ1) is 11.8. The normalized spacial score (nSPS) is 19.1. The molecule has 2 heterocycles. The Hall–Kier alpha value is -2.56. The molecule has 1 aliphatic heterocycles. The fourth-order valence-corrected chi connectivity index (χ4v) is 3.57. The van der Waals surface area contributed by atoms with Gasteiger partial charge in [-0.15, -0.1) is 0 Å². The van der Waals surface area contributed by atoms with Gasteiger partial charge in [0, 0.05) is 35.7 Å². The van der Waals surface area contributed by atoms with Crippen LogP contribution < -0.4 is 0 Å². The van der Waals surface area contributed by atoms with Gasteiger partial charge in [-0.2, -0.15) is 0 Å². The second kappa shape index (κ2) is 5.48. The van der Waals surface area contributed by atoms with Crippen LogP contribution in [0.3, 0.4) is 0 Å². The number of amides is 1. The summed E-state index contributed by atoms with van der Waals surface area (Å²) in [6, 6.07) is 7.44. The van der Waals surface area contributed by atoms with Crippen molar-refractivity contribution in [1.82, 2.24) is 14.9 Å². The van der Waals surface area contributed by atoms with Crippen molar-refractivity contribution in [2.24, 2.45) is 0 Å². The van der Waals surface area contributed by atoms with E-state index < -0.39 is 0 Å². The quantitative estimate of drug-likeness (QED) is 0.804. The lowest BCUT2D eigenvalue weighted by Crippen LogP contribution is -2.30. The van der Waals surface area contributed by atoms with Crippen LogP contribution in [0.15, 0.2) is 30.5 Å². The van der Waals surface area contributed by atoms with Gasteiger partial charge in [-0.05, 0) is 5.56 Å². The maximum atomic E-state index is 13.0. The lowest BCUT2D eigenvalue weighted by atomic mass is 9.95. The summed E-state index contributed by atoms with van der Waals surface area (Å²) < 4.78 is 0. The molecular weight excluding hydrogens is 314 g/mol. The lowest BCUT2D eigenvalue weighted by molar-refractivity contribution is -0.133. The highest BCUT2D eigenvalue weighted by Crippen LogP contribution is 2.36. The molecule has 5 heteroatoms. The Morgan fingerprint density at radius 3 is 2.72 bits per heavy atom. The number of ketones is 1. The van der Waals surface area contributed by atoms with E-state index in [9.17, 15) is 9.59 Å². The minimum Gasteiger partial charge on any atom is -0.332 e. The van der Waals surface area contributed by atoms with E-state index in [1.807, 2.05) is 30.5 Å². The Morgan fingerprint density at radius 2 is 1.96 bits per heavy atom. The number of fused-ring (bicyclic) bond motifs is 2. The third-order valence-corrected chi connectivity index (χ3v) is 4.96. The molecule has 0 radical (unpaired) electrons. The second-order valence-electron chi connectivity index (χ2n) is 7.88. The van der Waals surface area contributed by atoms with Gasteiger partial charge < -0.3 is 4.90 Å². The maximum Gasteiger partial charge on any atom is 0.231 e. The van der Waals surface area contributed by atoms with Gasteiger partial charge in [0.2, 0.25) is 5.91 Å². The first-order valence-corrected chi connectivity index (χ1v) is 8.61. The first kappa shape index (κ1) is 15.9. The Labute approximate surface area is 147 Å². The van der Waals surface area contributed by atoms with Gasteiger partial charge in [-0.1, -0.05) is 45.0 Å². The SMILES string of the molecule is CC(C)(C)c1ncc2c(n1)CN(C(=O)[C@@H]1CC(=O)c3ccccc31)C2. The van der Waals surface area contributed by atoms with Crippen LogP contribution in [0.1, 0.15) is 66.1 Å². The van der Waals surface area contributed by atoms with E-state index in [1.54, 1.807) is 4.90 Å². The second-order valence-corrected chi connectivity index (χ2v) is 7.88. The third-order valence-electron chi connectivity index (χ3n) is 4.96. The van der Waals surface area contributed by atoms with Crippen molar-refractivity contribution in [3.8, 4) is 0 Å². The van der Waals surface area contributed by atoms with Gasteiger partial charge in [0.05, 0.1) is 18.2 Å². The number of benzene rings is 1. The summed E-state index contributed by atoms with van der Waals surface area (Å²) in [4.78, 5) is 36.1. The molecule has 0 saturated carbocycles. The van der Waals surface area contributed by atoms with Crippen LogP contribution in [0.2, 0.25) is 0 Å². The monoisotopic (exact) mass is 335 g/mol. The number of rotatable bonds is 1. The minimum absolute atomic E-state index is 0.00797. The highest BCUT2D eigenvalue weighted by atomic mass is 16.2. The lowest BCUT2D eigenvalue weighted by Gasteiger charge is -2.20. The van der Waals surface area contributed by atoms with E-state index in [-0.39, 0.29) is 29.4 Å². The fraction of sp³-hybridized carbons (Fsp3) is 0.400. The van der Waals surface area contributed by atoms with Crippen LogP contribution in [0.25, 0.3) is 0 Å². The van der Waals surface area contributed by atoms with Crippen molar-refractivity contribution >= 4 is 11.7 Å². The van der Waals surface area contributed by atoms with Gasteiger partial charge in [0.1, 0.15) is 5.82 Å². The number of nitrogens with zero attached hydrogens (tertiary/aromatic N) is 3. The van der Waals surface area contributed by atoms with E-state index in [4.69, 9.17) is 0 Å². The Morgan fingerprint density at radius 1 is 1.20 bits per heavy atom. The van der Waals surface area contributed by atoms with E-state index in [2.05, 4.69) is 30.7 Å². The van der Waals surface area contributed by atoms with Crippen molar-refractivity contribution in [1.29, 1.82) is 0 Å². The molecule has 4 rings (SSSR count). The van der Waals surface area contributed by atoms with Crippen LogP contribution in [0, 0.1) is 0 Å². The molecule has 1 aromatic heterocycles. The van der Waals surface area contributed by atoms with Crippen molar-refractivity contribution < 1.29 is 9.59 Å². The molecule has 2 aromatic rings. The zero-order valence-electron chi connectivity index (χ0n) is 14.7. The predicted molar refractivity (Wildman–Crippen MR) is 93.1 cm³/mol. The molecule has 128 valence electrons. The summed E-state index contributed by atoms with van der Waals surface area (Å²) in [5.41, 5.74) is 3.34. The Bertz CT molecular complexity index is 883. The Balaban J connectivity index is 1.58. The first-order valence-electron chi connectivity index (χ1n) is 8.61. The summed E-state index contributed by atoms with van der Waals surface area (Å²) in [6.45, 7) is 7.24. The van der Waals surface area contributed by atoms with E-state index in [1.165, 1.54) is 0 Å². The van der Waals surface area contributed by atoms with Crippen LogP contribution in [0.4, 0.5) is 0 Å². The number of hydrogen-bond donors (Lipinski definition) is 0. The summed E-state index contributed by atoms with van der Waals surface area (Å²) in [5, 5.41) is 0. The molecule has 5 nitrogen and oxygen atoms in total. The van der Waals surface area contributed by atoms with Gasteiger partial charge in [-0.3, -0.25) is 9.59 Å². The number of hydrogen-bond acceptors (Lipinski definition) is 4. The molecule has 0 N–H and O–H groups in total. The molecule has 25 heavy (non-hydrogen) atoms. The molecule has 1 aromatic carbocycles. The zero-order chi connectivity index (χ0) is 17.8. The fourth-order valence-electron chi connectivity index (χ4n) is 3.57. The smallest absolute Gasteiger partial charge is 0.231 e. The molecule has 0 unspecified atom stereocenters. The topological polar surface area (TPSA) is 63.2 Å². The molecule has 1 aliphatic carbocycles. The van der Waals surface area contributed by atoms with Gasteiger partial charge in [-0.25, -0.2) is 9.97 Å². The molecule has 1 atom stereocenters. The van der Waals surface area contributed by atoms with Crippen molar-refractivity contribution in [2.45, 2.75) is 51.6 Å². The van der Waals surface area contributed by atoms with Crippen molar-refractivity contribution in [3.63, 3.8) is 0 Å². The molecule has 0 saturated heterocycles. The number of Topliss-reactive ketones (excluding diaryl/α,β-unsaturated/α-hetero) is 1. The van der Waals surface area contributed by atoms with Crippen LogP contribution >= 0.6 is 0 Å². The summed E-state index contributed by atoms with van der Waals surface area (Å²) >= 11 is 0. The minimum atomic E-state index is -0.368. The molecule has 2 aliphatic rings. The van der Waals surface area contributed by atoms with Gasteiger partial charge >= 0.3 is 0 Å². The number of carbonyl (C=O) groups excluding carboxylic acids is 2. The summed E-state index contributed by atoms with van der Waals surface area (Å²) in [7, 11) is 0. The van der Waals surface area contributed by atoms with Crippen LogP contribution in [-0.4, -0.2) is 26.6 Å². The average molecular weight is 335 g/mol. The predicted octanol–water partition coefficient (Wildman–Crippen LogP) is 2.99. The zero-order valence-corrected chi connectivity index (χ0v) is 14.7.